The molecule has 0 aromatic rings. The zero-order chi connectivity index (χ0) is 16.1. The lowest BCUT2D eigenvalue weighted by Crippen LogP contribution is -2.53. The summed E-state index contributed by atoms with van der Waals surface area (Å²) in [7, 11) is 2.77. The summed E-state index contributed by atoms with van der Waals surface area (Å²) >= 11 is 0. The van der Waals surface area contributed by atoms with Crippen LogP contribution in [0.5, 0.6) is 0 Å². The molecule has 0 rings (SSSR count). The molecular formula is C13H24N2O5. The number of carbonyl (C=O) groups excluding carboxylic acids is 2. The van der Waals surface area contributed by atoms with Gasteiger partial charge in [0.2, 0.25) is 0 Å². The highest BCUT2D eigenvalue weighted by molar-refractivity contribution is 5.83. The van der Waals surface area contributed by atoms with E-state index in [1.807, 2.05) is 0 Å². The lowest BCUT2D eigenvalue weighted by Gasteiger charge is -2.30. The summed E-state index contributed by atoms with van der Waals surface area (Å²) in [5.41, 5.74) is -0.615. The molecule has 2 amide bonds. The largest absolute Gasteiger partial charge is 0.480 e. The summed E-state index contributed by atoms with van der Waals surface area (Å²) in [6.45, 7) is 6.96. The van der Waals surface area contributed by atoms with Gasteiger partial charge in [-0.1, -0.05) is 27.7 Å². The van der Waals surface area contributed by atoms with Crippen LogP contribution in [-0.2, 0) is 14.3 Å². The van der Waals surface area contributed by atoms with Crippen LogP contribution >= 0.6 is 0 Å². The van der Waals surface area contributed by atoms with Crippen molar-refractivity contribution >= 4 is 18.0 Å². The van der Waals surface area contributed by atoms with Gasteiger partial charge in [-0.3, -0.25) is 4.79 Å². The average molecular weight is 288 g/mol. The predicted octanol–water partition coefficient (Wildman–Crippen LogP) is 0.936. The maximum absolute atomic E-state index is 12.0. The smallest absolute Gasteiger partial charge is 0.326 e. The van der Waals surface area contributed by atoms with E-state index in [1.165, 1.54) is 19.1 Å². The number of hydrogen-bond acceptors (Lipinski definition) is 4. The fourth-order valence-electron chi connectivity index (χ4n) is 1.65. The first-order chi connectivity index (χ1) is 9.00. The number of urea groups is 1. The number of nitrogens with zero attached hydrogens (tertiary/aromatic N) is 1. The number of hydrogen-bond donors (Lipinski definition) is 2. The minimum Gasteiger partial charge on any atom is -0.480 e. The minimum absolute atomic E-state index is 0.148. The van der Waals surface area contributed by atoms with E-state index in [4.69, 9.17) is 5.11 Å². The molecule has 0 aromatic carbocycles. The number of methoxy groups -OCH3 is 1. The summed E-state index contributed by atoms with van der Waals surface area (Å²) in [4.78, 5) is 35.7. The van der Waals surface area contributed by atoms with Gasteiger partial charge in [0.1, 0.15) is 6.04 Å². The molecule has 0 aliphatic heterocycles. The molecule has 0 bridgehead atoms. The van der Waals surface area contributed by atoms with Gasteiger partial charge < -0.3 is 20.1 Å². The van der Waals surface area contributed by atoms with Crippen LogP contribution < -0.4 is 5.32 Å². The van der Waals surface area contributed by atoms with E-state index in [0.717, 1.165) is 0 Å². The van der Waals surface area contributed by atoms with E-state index < -0.39 is 35.3 Å². The van der Waals surface area contributed by atoms with Crippen LogP contribution in [-0.4, -0.2) is 54.7 Å². The number of carboxylic acid groups (broad SMARTS) is 1. The molecule has 7 heteroatoms. The van der Waals surface area contributed by atoms with Crippen LogP contribution in [0.4, 0.5) is 4.79 Å². The Balaban J connectivity index is 4.67. The number of esters is 1. The fourth-order valence-corrected chi connectivity index (χ4v) is 1.65. The predicted molar refractivity (Wildman–Crippen MR) is 73.2 cm³/mol. The number of aliphatic carboxylic acids is 1. The molecule has 0 heterocycles. The molecule has 2 atom stereocenters. The Morgan fingerprint density at radius 1 is 1.30 bits per heavy atom. The Kier molecular flexibility index (Phi) is 6.48. The van der Waals surface area contributed by atoms with E-state index in [0.29, 0.717) is 0 Å². The second-order valence-corrected chi connectivity index (χ2v) is 5.89. The van der Waals surface area contributed by atoms with Crippen molar-refractivity contribution in [2.24, 2.45) is 11.3 Å². The highest BCUT2D eigenvalue weighted by atomic mass is 16.5. The Morgan fingerprint density at radius 2 is 1.80 bits per heavy atom. The number of carbonyl (C=O) groups is 3. The molecule has 2 unspecified atom stereocenters. The first kappa shape index (κ1) is 18.2. The van der Waals surface area contributed by atoms with Crippen molar-refractivity contribution in [3.63, 3.8) is 0 Å². The lowest BCUT2D eigenvalue weighted by molar-refractivity contribution is -0.145. The number of carboxylic acids is 1. The van der Waals surface area contributed by atoms with Crippen molar-refractivity contribution in [3.05, 3.63) is 0 Å². The molecule has 116 valence electrons. The number of amides is 2. The van der Waals surface area contributed by atoms with Crippen LogP contribution in [0.3, 0.4) is 0 Å². The summed E-state index contributed by atoms with van der Waals surface area (Å²) in [6.07, 6.45) is 0. The molecule has 20 heavy (non-hydrogen) atoms. The van der Waals surface area contributed by atoms with Gasteiger partial charge in [-0.2, -0.15) is 0 Å². The Morgan fingerprint density at radius 3 is 2.15 bits per heavy atom. The molecular weight excluding hydrogens is 264 g/mol. The van der Waals surface area contributed by atoms with E-state index >= 15 is 0 Å². The fraction of sp³-hybridized carbons (Fsp3) is 0.769. The first-order valence-electron chi connectivity index (χ1n) is 6.33. The third-order valence-electron chi connectivity index (χ3n) is 2.88. The average Bonchev–Trinajstić information content (AvgIpc) is 2.32. The van der Waals surface area contributed by atoms with E-state index in [1.54, 1.807) is 27.7 Å². The van der Waals surface area contributed by atoms with Crippen molar-refractivity contribution < 1.29 is 24.2 Å². The zero-order valence-electron chi connectivity index (χ0n) is 12.9. The topological polar surface area (TPSA) is 95.9 Å². The van der Waals surface area contributed by atoms with Crippen LogP contribution in [0.25, 0.3) is 0 Å². The molecule has 0 aromatic heterocycles. The number of ether oxygens (including phenoxy) is 1. The van der Waals surface area contributed by atoms with Gasteiger partial charge in [0, 0.05) is 13.6 Å². The van der Waals surface area contributed by atoms with Crippen molar-refractivity contribution in [2.45, 2.75) is 33.7 Å². The maximum Gasteiger partial charge on any atom is 0.326 e. The van der Waals surface area contributed by atoms with Gasteiger partial charge in [-0.05, 0) is 5.41 Å². The van der Waals surface area contributed by atoms with Crippen LogP contribution in [0, 0.1) is 11.3 Å². The third kappa shape index (κ3) is 5.46. The molecule has 0 aliphatic carbocycles. The van der Waals surface area contributed by atoms with Crippen molar-refractivity contribution in [1.29, 1.82) is 0 Å². The van der Waals surface area contributed by atoms with Crippen molar-refractivity contribution in [2.75, 3.05) is 20.7 Å². The van der Waals surface area contributed by atoms with E-state index in [-0.39, 0.29) is 6.54 Å². The molecule has 0 radical (unpaired) electrons. The van der Waals surface area contributed by atoms with Crippen molar-refractivity contribution in [1.82, 2.24) is 10.2 Å². The van der Waals surface area contributed by atoms with E-state index in [2.05, 4.69) is 10.1 Å². The molecule has 0 saturated heterocycles. The summed E-state index contributed by atoms with van der Waals surface area (Å²) in [5, 5.41) is 11.6. The van der Waals surface area contributed by atoms with Gasteiger partial charge in [0.15, 0.2) is 0 Å². The zero-order valence-corrected chi connectivity index (χ0v) is 12.9. The Hall–Kier alpha value is -1.79. The van der Waals surface area contributed by atoms with Gasteiger partial charge in [0.25, 0.3) is 0 Å². The third-order valence-corrected chi connectivity index (χ3v) is 2.88. The number of rotatable bonds is 5. The SMILES string of the molecule is COC(=O)C(C)CN(C)C(=O)NC(C(=O)O)C(C)(C)C. The van der Waals surface area contributed by atoms with Gasteiger partial charge in [0.05, 0.1) is 13.0 Å². The van der Waals surface area contributed by atoms with Crippen LogP contribution in [0.2, 0.25) is 0 Å². The Bertz CT molecular complexity index is 375. The monoisotopic (exact) mass is 288 g/mol. The van der Waals surface area contributed by atoms with Crippen molar-refractivity contribution in [3.8, 4) is 0 Å². The summed E-state index contributed by atoms with van der Waals surface area (Å²) in [5.74, 6) is -2.00. The maximum atomic E-state index is 12.0. The van der Waals surface area contributed by atoms with Gasteiger partial charge in [-0.15, -0.1) is 0 Å². The Labute approximate surface area is 119 Å². The summed E-state index contributed by atoms with van der Waals surface area (Å²) in [6, 6.07) is -1.55. The minimum atomic E-state index is -1.10. The van der Waals surface area contributed by atoms with Gasteiger partial charge >= 0.3 is 18.0 Å². The number of nitrogens with one attached hydrogen (secondary N) is 1. The van der Waals surface area contributed by atoms with Gasteiger partial charge in [-0.25, -0.2) is 9.59 Å². The molecule has 0 aliphatic rings. The molecule has 7 nitrogen and oxygen atoms in total. The van der Waals surface area contributed by atoms with Crippen LogP contribution in [0.1, 0.15) is 27.7 Å². The normalized spacial score (nSPS) is 14.1. The highest BCUT2D eigenvalue weighted by Crippen LogP contribution is 2.19. The molecule has 2 N–H and O–H groups in total. The molecule has 0 saturated carbocycles. The first-order valence-corrected chi connectivity index (χ1v) is 6.33. The second kappa shape index (κ2) is 7.12. The quantitative estimate of drug-likeness (QED) is 0.734. The second-order valence-electron chi connectivity index (χ2n) is 5.89. The van der Waals surface area contributed by atoms with E-state index in [9.17, 15) is 14.4 Å². The summed E-state index contributed by atoms with van der Waals surface area (Å²) < 4.78 is 4.57. The highest BCUT2D eigenvalue weighted by Gasteiger charge is 2.33. The molecule has 0 spiro atoms. The van der Waals surface area contributed by atoms with Crippen LogP contribution in [0.15, 0.2) is 0 Å². The molecule has 0 fully saturated rings. The lowest BCUT2D eigenvalue weighted by atomic mass is 9.87. The standard InChI is InChI=1S/C13H24N2O5/c1-8(11(18)20-6)7-15(5)12(19)14-9(10(16)17)13(2,3)4/h8-9H,7H2,1-6H3,(H,14,19)(H,16,17).